The Labute approximate surface area is 114 Å². The van der Waals surface area contributed by atoms with Crippen molar-refractivity contribution in [1.29, 1.82) is 0 Å². The fraction of sp³-hybridized carbons (Fsp3) is 0.500. The molecule has 1 rings (SSSR count). The lowest BCUT2D eigenvalue weighted by Gasteiger charge is -2.29. The lowest BCUT2D eigenvalue weighted by molar-refractivity contribution is -0.0394. The van der Waals surface area contributed by atoms with Gasteiger partial charge in [0.2, 0.25) is 0 Å². The van der Waals surface area contributed by atoms with E-state index >= 15 is 0 Å². The number of methoxy groups -OCH3 is 1. The van der Waals surface area contributed by atoms with E-state index in [1.807, 2.05) is 18.2 Å². The fourth-order valence-electron chi connectivity index (χ4n) is 1.43. The minimum absolute atomic E-state index is 0.335. The fourth-order valence-corrected chi connectivity index (χ4v) is 2.60. The molecule has 1 atom stereocenters. The Bertz CT molecular complexity index is 331. The van der Waals surface area contributed by atoms with E-state index in [0.29, 0.717) is 13.2 Å². The Morgan fingerprint density at radius 1 is 1.25 bits per heavy atom. The number of hydrogen-bond donors (Lipinski definition) is 0. The van der Waals surface area contributed by atoms with Crippen LogP contribution in [0, 0.1) is 0 Å². The molecule has 0 heterocycles. The summed E-state index contributed by atoms with van der Waals surface area (Å²) >= 11 is 7.06. The molecule has 0 fully saturated rings. The largest absolute Gasteiger partial charge is 0.382 e. The van der Waals surface area contributed by atoms with Crippen molar-refractivity contribution in [2.75, 3.05) is 25.7 Å². The van der Waals surface area contributed by atoms with Crippen LogP contribution in [-0.4, -0.2) is 25.7 Å². The van der Waals surface area contributed by atoms with Crippen molar-refractivity contribution in [1.82, 2.24) is 0 Å². The second kappa shape index (κ2) is 6.74. The molecule has 4 heteroatoms. The first kappa shape index (κ1) is 14.2. The molecule has 16 heavy (non-hydrogen) atoms. The summed E-state index contributed by atoms with van der Waals surface area (Å²) in [4.78, 5) is 0. The molecule has 0 radical (unpaired) electrons. The van der Waals surface area contributed by atoms with E-state index < -0.39 is 0 Å². The normalized spacial score (nSPS) is 14.8. The van der Waals surface area contributed by atoms with Crippen molar-refractivity contribution in [2.45, 2.75) is 12.5 Å². The summed E-state index contributed by atoms with van der Waals surface area (Å²) in [5, 5.41) is 0.742. The maximum Gasteiger partial charge on any atom is 0.101 e. The van der Waals surface area contributed by atoms with Crippen LogP contribution < -0.4 is 0 Å². The Kier molecular flexibility index (Phi) is 5.97. The predicted octanol–water partition coefficient (Wildman–Crippen LogP) is 3.72. The molecule has 0 aliphatic carbocycles. The SMILES string of the molecule is COCCOC(C)(CBr)c1ccccc1Br. The highest BCUT2D eigenvalue weighted by atomic mass is 79.9. The first-order chi connectivity index (χ1) is 7.64. The number of halogens is 2. The van der Waals surface area contributed by atoms with Crippen molar-refractivity contribution < 1.29 is 9.47 Å². The van der Waals surface area contributed by atoms with Crippen LogP contribution in [0.3, 0.4) is 0 Å². The van der Waals surface area contributed by atoms with Crippen LogP contribution in [-0.2, 0) is 15.1 Å². The van der Waals surface area contributed by atoms with Gasteiger partial charge in [0.05, 0.1) is 13.2 Å². The standard InChI is InChI=1S/C12H16Br2O2/c1-12(9-13,16-8-7-15-2)10-5-3-4-6-11(10)14/h3-6H,7-9H2,1-2H3. The monoisotopic (exact) mass is 350 g/mol. The zero-order chi connectivity index (χ0) is 12.0. The summed E-state index contributed by atoms with van der Waals surface area (Å²) < 4.78 is 11.9. The highest BCUT2D eigenvalue weighted by Crippen LogP contribution is 2.32. The third-order valence-corrected chi connectivity index (χ3v) is 4.17. The molecule has 0 N–H and O–H groups in total. The molecule has 0 bridgehead atoms. The van der Waals surface area contributed by atoms with E-state index in [1.54, 1.807) is 7.11 Å². The van der Waals surface area contributed by atoms with E-state index in [1.165, 1.54) is 0 Å². The van der Waals surface area contributed by atoms with Crippen molar-refractivity contribution >= 4 is 31.9 Å². The average molecular weight is 352 g/mol. The maximum atomic E-state index is 5.88. The number of ether oxygens (including phenoxy) is 2. The van der Waals surface area contributed by atoms with Crippen molar-refractivity contribution in [2.24, 2.45) is 0 Å². The molecular formula is C12H16Br2O2. The van der Waals surface area contributed by atoms with Crippen LogP contribution in [0.5, 0.6) is 0 Å². The summed E-state index contributed by atoms with van der Waals surface area (Å²) in [6.07, 6.45) is 0. The molecule has 90 valence electrons. The molecule has 0 spiro atoms. The summed E-state index contributed by atoms with van der Waals surface area (Å²) in [5.74, 6) is 0. The summed E-state index contributed by atoms with van der Waals surface area (Å²) in [5.41, 5.74) is 0.807. The van der Waals surface area contributed by atoms with Crippen LogP contribution in [0.25, 0.3) is 0 Å². The van der Waals surface area contributed by atoms with Gasteiger partial charge in [-0.25, -0.2) is 0 Å². The molecule has 0 aliphatic heterocycles. The van der Waals surface area contributed by atoms with Crippen molar-refractivity contribution in [3.05, 3.63) is 34.3 Å². The average Bonchev–Trinajstić information content (AvgIpc) is 2.30. The Balaban J connectivity index is 2.83. The molecule has 0 aromatic heterocycles. The van der Waals surface area contributed by atoms with E-state index in [2.05, 4.69) is 44.8 Å². The van der Waals surface area contributed by atoms with Crippen LogP contribution in [0.1, 0.15) is 12.5 Å². The van der Waals surface area contributed by atoms with E-state index in [4.69, 9.17) is 9.47 Å². The lowest BCUT2D eigenvalue weighted by Crippen LogP contribution is -2.29. The van der Waals surface area contributed by atoms with Gasteiger partial charge in [-0.05, 0) is 18.6 Å². The van der Waals surface area contributed by atoms with Gasteiger partial charge in [-0.15, -0.1) is 0 Å². The van der Waals surface area contributed by atoms with Gasteiger partial charge >= 0.3 is 0 Å². The summed E-state index contributed by atoms with van der Waals surface area (Å²) in [6.45, 7) is 3.25. The third kappa shape index (κ3) is 3.55. The van der Waals surface area contributed by atoms with Crippen LogP contribution >= 0.6 is 31.9 Å². The quantitative estimate of drug-likeness (QED) is 0.574. The van der Waals surface area contributed by atoms with Gasteiger partial charge in [0.1, 0.15) is 5.60 Å². The van der Waals surface area contributed by atoms with Gasteiger partial charge in [-0.1, -0.05) is 50.1 Å². The second-order valence-electron chi connectivity index (χ2n) is 3.69. The predicted molar refractivity (Wildman–Crippen MR) is 73.1 cm³/mol. The third-order valence-electron chi connectivity index (χ3n) is 2.41. The maximum absolute atomic E-state index is 5.88. The minimum atomic E-state index is -0.335. The number of rotatable bonds is 6. The van der Waals surface area contributed by atoms with E-state index in [9.17, 15) is 0 Å². The van der Waals surface area contributed by atoms with E-state index in [0.717, 1.165) is 15.4 Å². The Morgan fingerprint density at radius 2 is 1.94 bits per heavy atom. The zero-order valence-corrected chi connectivity index (χ0v) is 12.7. The molecule has 0 saturated carbocycles. The highest BCUT2D eigenvalue weighted by Gasteiger charge is 2.28. The highest BCUT2D eigenvalue weighted by molar-refractivity contribution is 9.10. The van der Waals surface area contributed by atoms with Crippen LogP contribution in [0.4, 0.5) is 0 Å². The van der Waals surface area contributed by atoms with Crippen molar-refractivity contribution in [3.8, 4) is 0 Å². The first-order valence-electron chi connectivity index (χ1n) is 5.08. The lowest BCUT2D eigenvalue weighted by atomic mass is 9.98. The molecule has 1 aromatic rings. The molecule has 1 unspecified atom stereocenters. The van der Waals surface area contributed by atoms with E-state index in [-0.39, 0.29) is 5.60 Å². The zero-order valence-electron chi connectivity index (χ0n) is 9.50. The van der Waals surface area contributed by atoms with Crippen LogP contribution in [0.2, 0.25) is 0 Å². The summed E-state index contributed by atoms with van der Waals surface area (Å²) in [7, 11) is 1.67. The van der Waals surface area contributed by atoms with Gasteiger partial charge in [-0.2, -0.15) is 0 Å². The number of benzene rings is 1. The molecule has 0 saturated heterocycles. The topological polar surface area (TPSA) is 18.5 Å². The second-order valence-corrected chi connectivity index (χ2v) is 5.10. The first-order valence-corrected chi connectivity index (χ1v) is 6.99. The van der Waals surface area contributed by atoms with Gasteiger partial charge in [0.15, 0.2) is 0 Å². The van der Waals surface area contributed by atoms with Gasteiger partial charge in [-0.3, -0.25) is 0 Å². The Morgan fingerprint density at radius 3 is 2.50 bits per heavy atom. The molecule has 2 nitrogen and oxygen atoms in total. The molecular weight excluding hydrogens is 336 g/mol. The number of alkyl halides is 1. The smallest absolute Gasteiger partial charge is 0.101 e. The van der Waals surface area contributed by atoms with Crippen LogP contribution in [0.15, 0.2) is 28.7 Å². The molecule has 0 aliphatic rings. The molecule has 0 amide bonds. The van der Waals surface area contributed by atoms with Gasteiger partial charge in [0, 0.05) is 16.9 Å². The molecule has 1 aromatic carbocycles. The van der Waals surface area contributed by atoms with Gasteiger partial charge < -0.3 is 9.47 Å². The summed E-state index contributed by atoms with van der Waals surface area (Å²) in [6, 6.07) is 8.10. The van der Waals surface area contributed by atoms with Crippen molar-refractivity contribution in [3.63, 3.8) is 0 Å². The van der Waals surface area contributed by atoms with Gasteiger partial charge in [0.25, 0.3) is 0 Å². The number of hydrogen-bond acceptors (Lipinski definition) is 2. The minimum Gasteiger partial charge on any atom is -0.382 e. The Hall–Kier alpha value is 0.1000.